The maximum atomic E-state index is 5.90. The SMILES string of the molecule is COc1ccccc1C(CN)c1ccn(C)c1. The molecule has 0 bridgehead atoms. The van der Waals surface area contributed by atoms with Crippen molar-refractivity contribution in [3.8, 4) is 5.75 Å². The molecule has 0 amide bonds. The minimum atomic E-state index is 0.187. The zero-order chi connectivity index (χ0) is 12.3. The Hall–Kier alpha value is -1.74. The van der Waals surface area contributed by atoms with Crippen LogP contribution in [0.5, 0.6) is 5.75 Å². The highest BCUT2D eigenvalue weighted by atomic mass is 16.5. The fourth-order valence-corrected chi connectivity index (χ4v) is 2.13. The number of benzene rings is 1. The Morgan fingerprint density at radius 3 is 2.65 bits per heavy atom. The van der Waals surface area contributed by atoms with Crippen LogP contribution in [-0.2, 0) is 7.05 Å². The van der Waals surface area contributed by atoms with E-state index >= 15 is 0 Å². The quantitative estimate of drug-likeness (QED) is 0.874. The zero-order valence-electron chi connectivity index (χ0n) is 10.3. The van der Waals surface area contributed by atoms with Gasteiger partial charge in [0.05, 0.1) is 7.11 Å². The van der Waals surface area contributed by atoms with Crippen molar-refractivity contribution in [3.05, 3.63) is 53.9 Å². The number of nitrogens with zero attached hydrogens (tertiary/aromatic N) is 1. The molecule has 3 heteroatoms. The molecule has 2 aromatic rings. The lowest BCUT2D eigenvalue weighted by Gasteiger charge is -2.17. The predicted molar refractivity (Wildman–Crippen MR) is 69.3 cm³/mol. The molecule has 0 spiro atoms. The third-order valence-electron chi connectivity index (χ3n) is 3.01. The van der Waals surface area contributed by atoms with Crippen LogP contribution in [-0.4, -0.2) is 18.2 Å². The summed E-state index contributed by atoms with van der Waals surface area (Å²) in [7, 11) is 3.71. The van der Waals surface area contributed by atoms with Crippen LogP contribution in [0, 0.1) is 0 Å². The van der Waals surface area contributed by atoms with E-state index in [1.165, 1.54) is 5.56 Å². The van der Waals surface area contributed by atoms with Crippen LogP contribution in [0.4, 0.5) is 0 Å². The molecule has 0 aliphatic rings. The summed E-state index contributed by atoms with van der Waals surface area (Å²) in [5.74, 6) is 1.08. The molecule has 0 aliphatic carbocycles. The average Bonchev–Trinajstić information content (AvgIpc) is 2.77. The molecular formula is C14H18N2O. The molecule has 0 saturated heterocycles. The van der Waals surface area contributed by atoms with Crippen LogP contribution in [0.1, 0.15) is 17.0 Å². The maximum absolute atomic E-state index is 5.90. The molecule has 2 N–H and O–H groups in total. The number of para-hydroxylation sites is 1. The number of hydrogen-bond acceptors (Lipinski definition) is 2. The highest BCUT2D eigenvalue weighted by Crippen LogP contribution is 2.30. The number of hydrogen-bond donors (Lipinski definition) is 1. The molecule has 0 radical (unpaired) electrons. The van der Waals surface area contributed by atoms with Gasteiger partial charge in [-0.2, -0.15) is 0 Å². The smallest absolute Gasteiger partial charge is 0.122 e. The third-order valence-corrected chi connectivity index (χ3v) is 3.01. The topological polar surface area (TPSA) is 40.2 Å². The largest absolute Gasteiger partial charge is 0.496 e. The summed E-state index contributed by atoms with van der Waals surface area (Å²) in [5, 5.41) is 0. The average molecular weight is 230 g/mol. The molecule has 0 saturated carbocycles. The minimum absolute atomic E-state index is 0.187. The number of nitrogens with two attached hydrogens (primary N) is 1. The zero-order valence-corrected chi connectivity index (χ0v) is 10.3. The van der Waals surface area contributed by atoms with Crippen LogP contribution < -0.4 is 10.5 Å². The monoisotopic (exact) mass is 230 g/mol. The van der Waals surface area contributed by atoms with Crippen molar-refractivity contribution in [1.29, 1.82) is 0 Å². The standard InChI is InChI=1S/C14H18N2O/c1-16-8-7-11(10-16)13(9-15)12-5-3-4-6-14(12)17-2/h3-8,10,13H,9,15H2,1-2H3. The highest BCUT2D eigenvalue weighted by Gasteiger charge is 2.16. The lowest BCUT2D eigenvalue weighted by atomic mass is 9.92. The van der Waals surface area contributed by atoms with Crippen LogP contribution in [0.15, 0.2) is 42.7 Å². The second-order valence-corrected chi connectivity index (χ2v) is 4.14. The van der Waals surface area contributed by atoms with E-state index in [2.05, 4.69) is 18.3 Å². The number of ether oxygens (including phenoxy) is 1. The van der Waals surface area contributed by atoms with Crippen LogP contribution in [0.2, 0.25) is 0 Å². The first kappa shape index (κ1) is 11.7. The first-order chi connectivity index (χ1) is 8.26. The van der Waals surface area contributed by atoms with E-state index in [9.17, 15) is 0 Å². The second-order valence-electron chi connectivity index (χ2n) is 4.14. The molecule has 1 unspecified atom stereocenters. The molecule has 2 rings (SSSR count). The van der Waals surface area contributed by atoms with Gasteiger partial charge < -0.3 is 15.0 Å². The summed E-state index contributed by atoms with van der Waals surface area (Å²) in [4.78, 5) is 0. The van der Waals surface area contributed by atoms with Crippen LogP contribution in [0.25, 0.3) is 0 Å². The molecule has 1 aromatic heterocycles. The Morgan fingerprint density at radius 1 is 1.29 bits per heavy atom. The van der Waals surface area contributed by atoms with Gasteiger partial charge in [0, 0.05) is 37.5 Å². The van der Waals surface area contributed by atoms with Crippen molar-refractivity contribution >= 4 is 0 Å². The van der Waals surface area contributed by atoms with Crippen molar-refractivity contribution in [2.75, 3.05) is 13.7 Å². The van der Waals surface area contributed by atoms with E-state index < -0.39 is 0 Å². The summed E-state index contributed by atoms with van der Waals surface area (Å²) < 4.78 is 7.43. The Kier molecular flexibility index (Phi) is 3.49. The number of aryl methyl sites for hydroxylation is 1. The van der Waals surface area contributed by atoms with Gasteiger partial charge in [-0.3, -0.25) is 0 Å². The fraction of sp³-hybridized carbons (Fsp3) is 0.286. The number of aromatic nitrogens is 1. The molecule has 3 nitrogen and oxygen atoms in total. The fourth-order valence-electron chi connectivity index (χ4n) is 2.13. The van der Waals surface area contributed by atoms with E-state index in [1.807, 2.05) is 36.0 Å². The van der Waals surface area contributed by atoms with Gasteiger partial charge in [-0.25, -0.2) is 0 Å². The van der Waals surface area contributed by atoms with Crippen LogP contribution >= 0.6 is 0 Å². The van der Waals surface area contributed by atoms with Crippen molar-refractivity contribution in [1.82, 2.24) is 4.57 Å². The van der Waals surface area contributed by atoms with Gasteiger partial charge in [0.2, 0.25) is 0 Å². The van der Waals surface area contributed by atoms with Crippen molar-refractivity contribution in [2.24, 2.45) is 12.8 Å². The van der Waals surface area contributed by atoms with Gasteiger partial charge in [0.15, 0.2) is 0 Å². The van der Waals surface area contributed by atoms with E-state index in [0.29, 0.717) is 6.54 Å². The van der Waals surface area contributed by atoms with Gasteiger partial charge in [0.25, 0.3) is 0 Å². The molecule has 17 heavy (non-hydrogen) atoms. The Balaban J connectivity index is 2.41. The van der Waals surface area contributed by atoms with E-state index in [0.717, 1.165) is 11.3 Å². The van der Waals surface area contributed by atoms with Gasteiger partial charge in [-0.15, -0.1) is 0 Å². The summed E-state index contributed by atoms with van der Waals surface area (Å²) in [6, 6.07) is 10.1. The first-order valence-electron chi connectivity index (χ1n) is 5.71. The van der Waals surface area contributed by atoms with E-state index in [-0.39, 0.29) is 5.92 Å². The minimum Gasteiger partial charge on any atom is -0.496 e. The first-order valence-corrected chi connectivity index (χ1v) is 5.71. The maximum Gasteiger partial charge on any atom is 0.122 e. The van der Waals surface area contributed by atoms with Gasteiger partial charge in [-0.1, -0.05) is 18.2 Å². The predicted octanol–water partition coefficient (Wildman–Crippen LogP) is 2.12. The Morgan fingerprint density at radius 2 is 2.06 bits per heavy atom. The summed E-state index contributed by atoms with van der Waals surface area (Å²) in [6.07, 6.45) is 4.14. The number of methoxy groups -OCH3 is 1. The van der Waals surface area contributed by atoms with Crippen molar-refractivity contribution in [2.45, 2.75) is 5.92 Å². The molecule has 1 aromatic carbocycles. The van der Waals surface area contributed by atoms with E-state index in [1.54, 1.807) is 7.11 Å². The Labute approximate surface area is 102 Å². The molecule has 0 aliphatic heterocycles. The van der Waals surface area contributed by atoms with Crippen LogP contribution in [0.3, 0.4) is 0 Å². The van der Waals surface area contributed by atoms with Crippen molar-refractivity contribution < 1.29 is 4.74 Å². The molecule has 90 valence electrons. The van der Waals surface area contributed by atoms with Gasteiger partial charge in [-0.05, 0) is 17.7 Å². The molecule has 1 heterocycles. The van der Waals surface area contributed by atoms with Gasteiger partial charge >= 0.3 is 0 Å². The summed E-state index contributed by atoms with van der Waals surface area (Å²) in [6.45, 7) is 0.574. The van der Waals surface area contributed by atoms with Gasteiger partial charge in [0.1, 0.15) is 5.75 Å². The molecule has 1 atom stereocenters. The second kappa shape index (κ2) is 5.06. The summed E-state index contributed by atoms with van der Waals surface area (Å²) >= 11 is 0. The third kappa shape index (κ3) is 2.34. The lowest BCUT2D eigenvalue weighted by Crippen LogP contribution is -2.14. The Bertz CT molecular complexity index is 490. The van der Waals surface area contributed by atoms with Crippen molar-refractivity contribution in [3.63, 3.8) is 0 Å². The molecule has 0 fully saturated rings. The summed E-state index contributed by atoms with van der Waals surface area (Å²) in [5.41, 5.74) is 8.27. The van der Waals surface area contributed by atoms with E-state index in [4.69, 9.17) is 10.5 Å². The lowest BCUT2D eigenvalue weighted by molar-refractivity contribution is 0.407. The molecular weight excluding hydrogens is 212 g/mol. The normalized spacial score (nSPS) is 12.4. The number of rotatable bonds is 4. The highest BCUT2D eigenvalue weighted by molar-refractivity contribution is 5.41.